The van der Waals surface area contributed by atoms with Gasteiger partial charge in [-0.05, 0) is 12.1 Å². The number of alkyl halides is 3. The first-order valence-corrected chi connectivity index (χ1v) is 4.19. The molecule has 0 spiro atoms. The van der Waals surface area contributed by atoms with Crippen LogP contribution in [0.2, 0.25) is 0 Å². The van der Waals surface area contributed by atoms with Crippen LogP contribution in [0.3, 0.4) is 0 Å². The highest BCUT2D eigenvalue weighted by atomic mass is 79.9. The van der Waals surface area contributed by atoms with E-state index in [4.69, 9.17) is 5.84 Å². The molecule has 0 bridgehead atoms. The van der Waals surface area contributed by atoms with Gasteiger partial charge in [-0.2, -0.15) is 13.2 Å². The molecule has 0 aromatic heterocycles. The fourth-order valence-electron chi connectivity index (χ4n) is 0.924. The van der Waals surface area contributed by atoms with Crippen LogP contribution in [0.25, 0.3) is 0 Å². The van der Waals surface area contributed by atoms with E-state index < -0.39 is 23.2 Å². The lowest BCUT2D eigenvalue weighted by molar-refractivity contribution is -0.140. The summed E-state index contributed by atoms with van der Waals surface area (Å²) < 4.78 is 49.6. The van der Waals surface area contributed by atoms with Crippen LogP contribution < -0.4 is 11.3 Å². The summed E-state index contributed by atoms with van der Waals surface area (Å²) in [5.74, 6) is 3.42. The van der Waals surface area contributed by atoms with E-state index in [0.717, 1.165) is 12.1 Å². The largest absolute Gasteiger partial charge is 0.420 e. The minimum Gasteiger partial charge on any atom is -0.321 e. The van der Waals surface area contributed by atoms with Crippen molar-refractivity contribution >= 4 is 34.0 Å². The second-order valence-electron chi connectivity index (χ2n) is 2.43. The Hall–Kier alpha value is -0.530. The third-order valence-corrected chi connectivity index (χ3v) is 2.19. The van der Waals surface area contributed by atoms with Gasteiger partial charge in [0.2, 0.25) is 0 Å². The third kappa shape index (κ3) is 2.96. The van der Waals surface area contributed by atoms with Crippen LogP contribution in [-0.2, 0) is 6.18 Å². The van der Waals surface area contributed by atoms with Crippen molar-refractivity contribution in [2.24, 2.45) is 5.84 Å². The van der Waals surface area contributed by atoms with Crippen LogP contribution in [0.15, 0.2) is 16.6 Å². The number of anilines is 1. The first-order valence-electron chi connectivity index (χ1n) is 3.39. The molecule has 0 radical (unpaired) electrons. The standard InChI is InChI=1S/C7H5BrF4N2.ClH/c8-3-1-2-4(14-13)6(9)5(3)7(10,11)12;/h1-2,14H,13H2;1H. The van der Waals surface area contributed by atoms with E-state index in [9.17, 15) is 17.6 Å². The van der Waals surface area contributed by atoms with Crippen molar-refractivity contribution in [2.45, 2.75) is 6.18 Å². The molecular formula is C7H6BrClF4N2. The number of hydrazine groups is 1. The molecule has 0 atom stereocenters. The number of hydrogen-bond donors (Lipinski definition) is 2. The minimum absolute atomic E-state index is 0. The van der Waals surface area contributed by atoms with Crippen molar-refractivity contribution in [1.29, 1.82) is 0 Å². The highest BCUT2D eigenvalue weighted by Gasteiger charge is 2.37. The summed E-state index contributed by atoms with van der Waals surface area (Å²) in [4.78, 5) is 0. The molecule has 1 aromatic carbocycles. The van der Waals surface area contributed by atoms with E-state index in [1.165, 1.54) is 0 Å². The zero-order valence-corrected chi connectivity index (χ0v) is 9.43. The van der Waals surface area contributed by atoms with Gasteiger partial charge >= 0.3 is 6.18 Å². The van der Waals surface area contributed by atoms with Gasteiger partial charge in [0, 0.05) is 4.47 Å². The van der Waals surface area contributed by atoms with Crippen LogP contribution in [-0.4, -0.2) is 0 Å². The molecule has 0 saturated heterocycles. The summed E-state index contributed by atoms with van der Waals surface area (Å²) in [6.45, 7) is 0. The van der Waals surface area contributed by atoms with Crippen molar-refractivity contribution in [3.63, 3.8) is 0 Å². The molecule has 0 aliphatic heterocycles. The summed E-state index contributed by atoms with van der Waals surface area (Å²) in [6, 6.07) is 2.18. The normalized spacial score (nSPS) is 10.8. The van der Waals surface area contributed by atoms with Gasteiger partial charge in [-0.15, -0.1) is 12.4 Å². The average Bonchev–Trinajstić information content (AvgIpc) is 2.02. The predicted molar refractivity (Wildman–Crippen MR) is 54.2 cm³/mol. The summed E-state index contributed by atoms with van der Waals surface area (Å²) in [5, 5.41) is 0. The number of nitrogens with one attached hydrogen (secondary N) is 1. The third-order valence-electron chi connectivity index (χ3n) is 1.53. The number of nitrogens with two attached hydrogens (primary N) is 1. The van der Waals surface area contributed by atoms with Crippen LogP contribution >= 0.6 is 28.3 Å². The number of nitrogen functional groups attached to an aromatic ring is 1. The second-order valence-corrected chi connectivity index (χ2v) is 3.28. The van der Waals surface area contributed by atoms with E-state index in [2.05, 4.69) is 15.9 Å². The Balaban J connectivity index is 0.00000196. The summed E-state index contributed by atoms with van der Waals surface area (Å²) in [6.07, 6.45) is -4.75. The highest BCUT2D eigenvalue weighted by molar-refractivity contribution is 9.10. The van der Waals surface area contributed by atoms with Gasteiger partial charge in [0.25, 0.3) is 0 Å². The van der Waals surface area contributed by atoms with Gasteiger partial charge in [0.1, 0.15) is 5.56 Å². The quantitative estimate of drug-likeness (QED) is 0.474. The molecule has 1 aromatic rings. The number of hydrogen-bond acceptors (Lipinski definition) is 2. The second kappa shape index (κ2) is 5.00. The Morgan fingerprint density at radius 2 is 1.80 bits per heavy atom. The van der Waals surface area contributed by atoms with Gasteiger partial charge in [-0.25, -0.2) is 4.39 Å². The topological polar surface area (TPSA) is 38.0 Å². The molecule has 3 N–H and O–H groups in total. The predicted octanol–water partition coefficient (Wildman–Crippen LogP) is 3.31. The molecule has 1 rings (SSSR count). The van der Waals surface area contributed by atoms with Crippen molar-refractivity contribution in [3.05, 3.63) is 28.0 Å². The molecular weight excluding hydrogens is 303 g/mol. The molecule has 0 aliphatic carbocycles. The molecule has 0 fully saturated rings. The molecule has 2 nitrogen and oxygen atoms in total. The molecule has 0 heterocycles. The maximum Gasteiger partial charge on any atom is 0.420 e. The maximum atomic E-state index is 13.1. The molecule has 0 saturated carbocycles. The van der Waals surface area contributed by atoms with Crippen molar-refractivity contribution in [3.8, 4) is 0 Å². The Morgan fingerprint density at radius 3 is 2.20 bits per heavy atom. The summed E-state index contributed by atoms with van der Waals surface area (Å²) in [7, 11) is 0. The van der Waals surface area contributed by atoms with Crippen LogP contribution in [0.1, 0.15) is 5.56 Å². The number of benzene rings is 1. The summed E-state index contributed by atoms with van der Waals surface area (Å²) in [5.41, 5.74) is 0.0692. The van der Waals surface area contributed by atoms with Gasteiger partial charge in [-0.3, -0.25) is 5.84 Å². The van der Waals surface area contributed by atoms with E-state index in [1.807, 2.05) is 5.43 Å². The zero-order valence-electron chi connectivity index (χ0n) is 7.03. The Bertz CT molecular complexity index is 356. The van der Waals surface area contributed by atoms with Gasteiger partial charge in [0.05, 0.1) is 5.69 Å². The minimum atomic E-state index is -4.75. The number of halogens is 6. The Labute approximate surface area is 97.3 Å². The van der Waals surface area contributed by atoms with Crippen molar-refractivity contribution < 1.29 is 17.6 Å². The lowest BCUT2D eigenvalue weighted by Gasteiger charge is -2.12. The Morgan fingerprint density at radius 1 is 1.27 bits per heavy atom. The average molecular weight is 309 g/mol. The molecule has 0 amide bonds. The lowest BCUT2D eigenvalue weighted by atomic mass is 10.2. The lowest BCUT2D eigenvalue weighted by Crippen LogP contribution is -2.14. The van der Waals surface area contributed by atoms with Gasteiger partial charge in [0.15, 0.2) is 5.82 Å². The molecule has 0 unspecified atom stereocenters. The van der Waals surface area contributed by atoms with Crippen molar-refractivity contribution in [1.82, 2.24) is 0 Å². The monoisotopic (exact) mass is 308 g/mol. The highest BCUT2D eigenvalue weighted by Crippen LogP contribution is 2.38. The van der Waals surface area contributed by atoms with E-state index in [1.54, 1.807) is 0 Å². The molecule has 15 heavy (non-hydrogen) atoms. The van der Waals surface area contributed by atoms with Crippen molar-refractivity contribution in [2.75, 3.05) is 5.43 Å². The molecule has 8 heteroatoms. The smallest absolute Gasteiger partial charge is 0.321 e. The summed E-state index contributed by atoms with van der Waals surface area (Å²) >= 11 is 2.62. The van der Waals surface area contributed by atoms with E-state index in [-0.39, 0.29) is 16.9 Å². The van der Waals surface area contributed by atoms with Crippen LogP contribution in [0.4, 0.5) is 23.2 Å². The zero-order chi connectivity index (χ0) is 10.9. The SMILES string of the molecule is Cl.NNc1ccc(Br)c(C(F)(F)F)c1F. The van der Waals surface area contributed by atoms with Gasteiger partial charge < -0.3 is 5.43 Å². The van der Waals surface area contributed by atoms with E-state index in [0.29, 0.717) is 0 Å². The molecule has 0 aliphatic rings. The maximum absolute atomic E-state index is 13.1. The first-order chi connectivity index (χ1) is 6.38. The fourth-order valence-corrected chi connectivity index (χ4v) is 1.45. The fraction of sp³-hybridized carbons (Fsp3) is 0.143. The van der Waals surface area contributed by atoms with Crippen LogP contribution in [0, 0.1) is 5.82 Å². The van der Waals surface area contributed by atoms with Gasteiger partial charge in [-0.1, -0.05) is 15.9 Å². The Kier molecular flexibility index (Phi) is 4.82. The number of rotatable bonds is 1. The first kappa shape index (κ1) is 14.5. The van der Waals surface area contributed by atoms with Crippen LogP contribution in [0.5, 0.6) is 0 Å². The molecule has 86 valence electrons. The van der Waals surface area contributed by atoms with E-state index >= 15 is 0 Å².